The zero-order chi connectivity index (χ0) is 22.1. The fourth-order valence-electron chi connectivity index (χ4n) is 3.29. The molecule has 0 amide bonds. The first-order valence-corrected chi connectivity index (χ1v) is 11.2. The van der Waals surface area contributed by atoms with Gasteiger partial charge in [-0.15, -0.1) is 0 Å². The molecule has 7 nitrogen and oxygen atoms in total. The van der Waals surface area contributed by atoms with Gasteiger partial charge in [-0.25, -0.2) is 12.8 Å². The van der Waals surface area contributed by atoms with Gasteiger partial charge in [-0.2, -0.15) is 4.98 Å². The molecule has 0 fully saturated rings. The van der Waals surface area contributed by atoms with Crippen molar-refractivity contribution in [2.75, 3.05) is 12.1 Å². The smallest absolute Gasteiger partial charge is 0.234 e. The van der Waals surface area contributed by atoms with Gasteiger partial charge < -0.3 is 19.2 Å². The van der Waals surface area contributed by atoms with Crippen molar-refractivity contribution in [3.8, 4) is 23.0 Å². The molecule has 0 unspecified atom stereocenters. The molecule has 0 saturated heterocycles. The molecule has 0 spiro atoms. The first-order valence-electron chi connectivity index (χ1n) is 9.70. The zero-order valence-corrected chi connectivity index (χ0v) is 17.4. The summed E-state index contributed by atoms with van der Waals surface area (Å²) in [5.41, 5.74) is 0.870. The highest BCUT2D eigenvalue weighted by Crippen LogP contribution is 2.35. The van der Waals surface area contributed by atoms with Crippen LogP contribution in [0.15, 0.2) is 87.1 Å². The number of anilines is 1. The van der Waals surface area contributed by atoms with E-state index in [0.29, 0.717) is 11.5 Å². The van der Waals surface area contributed by atoms with Crippen molar-refractivity contribution in [1.29, 1.82) is 0 Å². The third kappa shape index (κ3) is 3.67. The first-order chi connectivity index (χ1) is 15.5. The number of oxazole rings is 1. The Morgan fingerprint density at radius 3 is 2.50 bits per heavy atom. The number of sulfone groups is 1. The van der Waals surface area contributed by atoms with E-state index in [1.54, 1.807) is 36.4 Å². The number of benzene rings is 3. The summed E-state index contributed by atoms with van der Waals surface area (Å²) in [6.07, 6.45) is 0. The molecule has 0 bridgehead atoms. The van der Waals surface area contributed by atoms with E-state index in [-0.39, 0.29) is 40.6 Å². The Kier molecular flexibility index (Phi) is 5.02. The summed E-state index contributed by atoms with van der Waals surface area (Å²) < 4.78 is 57.2. The lowest BCUT2D eigenvalue weighted by Gasteiger charge is -2.07. The lowest BCUT2D eigenvalue weighted by atomic mass is 10.2. The molecule has 9 heteroatoms. The number of halogens is 1. The maximum absolute atomic E-state index is 14.3. The predicted molar refractivity (Wildman–Crippen MR) is 114 cm³/mol. The van der Waals surface area contributed by atoms with Crippen LogP contribution in [0.4, 0.5) is 10.3 Å². The molecule has 5 rings (SSSR count). The Morgan fingerprint density at radius 1 is 0.938 bits per heavy atom. The van der Waals surface area contributed by atoms with Crippen LogP contribution in [0.3, 0.4) is 0 Å². The van der Waals surface area contributed by atoms with Crippen molar-refractivity contribution in [3.05, 3.63) is 84.2 Å². The molecule has 0 radical (unpaired) electrons. The number of hydrogen-bond donors (Lipinski definition) is 1. The van der Waals surface area contributed by atoms with Gasteiger partial charge in [0.05, 0.1) is 10.5 Å². The van der Waals surface area contributed by atoms with Crippen molar-refractivity contribution in [3.63, 3.8) is 0 Å². The second-order valence-electron chi connectivity index (χ2n) is 6.99. The number of ether oxygens (including phenoxy) is 2. The van der Waals surface area contributed by atoms with E-state index in [2.05, 4.69) is 10.3 Å². The lowest BCUT2D eigenvalue weighted by Crippen LogP contribution is -2.07. The average molecular weight is 452 g/mol. The van der Waals surface area contributed by atoms with Crippen molar-refractivity contribution in [1.82, 2.24) is 4.98 Å². The standard InChI is InChI=1S/C23H17FN2O5S/c24-18-9-5-4-8-17(18)21-26-23(32(27,28)16-6-2-1-3-7-16)22(31-21)25-13-15-10-11-19-20(12-15)30-14-29-19/h1-12,25H,13-14H2. The fourth-order valence-corrected chi connectivity index (χ4v) is 4.59. The largest absolute Gasteiger partial charge is 0.454 e. The first kappa shape index (κ1) is 20.1. The van der Waals surface area contributed by atoms with E-state index in [1.807, 2.05) is 6.07 Å². The molecule has 4 aromatic rings. The van der Waals surface area contributed by atoms with Gasteiger partial charge in [0.1, 0.15) is 5.82 Å². The summed E-state index contributed by atoms with van der Waals surface area (Å²) in [6.45, 7) is 0.375. The lowest BCUT2D eigenvalue weighted by molar-refractivity contribution is 0.174. The molecule has 162 valence electrons. The van der Waals surface area contributed by atoms with Crippen LogP contribution in [0, 0.1) is 5.82 Å². The molecule has 0 atom stereocenters. The van der Waals surface area contributed by atoms with Crippen LogP contribution >= 0.6 is 0 Å². The quantitative estimate of drug-likeness (QED) is 0.455. The Labute approximate surface area is 183 Å². The minimum atomic E-state index is -4.02. The summed E-state index contributed by atoms with van der Waals surface area (Å²) in [5.74, 6) is 0.462. The number of nitrogens with one attached hydrogen (secondary N) is 1. The van der Waals surface area contributed by atoms with Gasteiger partial charge in [0.25, 0.3) is 0 Å². The molecular formula is C23H17FN2O5S. The van der Waals surface area contributed by atoms with Crippen LogP contribution in [0.1, 0.15) is 5.56 Å². The summed E-state index contributed by atoms with van der Waals surface area (Å²) in [5, 5.41) is 2.66. The van der Waals surface area contributed by atoms with E-state index in [9.17, 15) is 12.8 Å². The summed E-state index contributed by atoms with van der Waals surface area (Å²) >= 11 is 0. The fraction of sp³-hybridized carbons (Fsp3) is 0.0870. The van der Waals surface area contributed by atoms with Crippen LogP contribution in [0.5, 0.6) is 11.5 Å². The number of fused-ring (bicyclic) bond motifs is 1. The molecule has 0 aliphatic carbocycles. The maximum atomic E-state index is 14.3. The molecular weight excluding hydrogens is 435 g/mol. The van der Waals surface area contributed by atoms with E-state index < -0.39 is 15.7 Å². The third-order valence-electron chi connectivity index (χ3n) is 4.90. The number of nitrogens with zero attached hydrogens (tertiary/aromatic N) is 1. The molecule has 3 aromatic carbocycles. The Hall–Kier alpha value is -3.85. The highest BCUT2D eigenvalue weighted by molar-refractivity contribution is 7.91. The van der Waals surface area contributed by atoms with E-state index in [4.69, 9.17) is 13.9 Å². The predicted octanol–water partition coefficient (Wildman–Crippen LogP) is 4.65. The Bertz CT molecular complexity index is 1390. The molecule has 1 aromatic heterocycles. The molecule has 32 heavy (non-hydrogen) atoms. The maximum Gasteiger partial charge on any atom is 0.234 e. The topological polar surface area (TPSA) is 90.7 Å². The number of rotatable bonds is 6. The number of aromatic nitrogens is 1. The Balaban J connectivity index is 1.53. The normalized spacial score (nSPS) is 12.7. The average Bonchev–Trinajstić information content (AvgIpc) is 3.45. The van der Waals surface area contributed by atoms with Crippen LogP contribution < -0.4 is 14.8 Å². The summed E-state index contributed by atoms with van der Waals surface area (Å²) in [6, 6.07) is 19.1. The molecule has 1 N–H and O–H groups in total. The van der Waals surface area contributed by atoms with Crippen LogP contribution in [-0.4, -0.2) is 20.2 Å². The van der Waals surface area contributed by atoms with E-state index >= 15 is 0 Å². The van der Waals surface area contributed by atoms with Crippen molar-refractivity contribution in [2.45, 2.75) is 16.5 Å². The van der Waals surface area contributed by atoms with E-state index in [0.717, 1.165) is 5.56 Å². The van der Waals surface area contributed by atoms with Crippen LogP contribution in [0.25, 0.3) is 11.5 Å². The van der Waals surface area contributed by atoms with Gasteiger partial charge in [0.15, 0.2) is 11.5 Å². The van der Waals surface area contributed by atoms with Crippen molar-refractivity contribution < 1.29 is 26.7 Å². The van der Waals surface area contributed by atoms with Gasteiger partial charge in [0, 0.05) is 6.54 Å². The highest BCUT2D eigenvalue weighted by atomic mass is 32.2. The van der Waals surface area contributed by atoms with Gasteiger partial charge in [-0.1, -0.05) is 36.4 Å². The van der Waals surface area contributed by atoms with Crippen LogP contribution in [-0.2, 0) is 16.4 Å². The number of hydrogen-bond acceptors (Lipinski definition) is 7. The van der Waals surface area contributed by atoms with Crippen molar-refractivity contribution >= 4 is 15.7 Å². The molecule has 2 heterocycles. The van der Waals surface area contributed by atoms with Gasteiger partial charge >= 0.3 is 0 Å². The van der Waals surface area contributed by atoms with E-state index in [1.165, 1.54) is 30.3 Å². The third-order valence-corrected chi connectivity index (χ3v) is 6.58. The monoisotopic (exact) mass is 452 g/mol. The molecule has 1 aliphatic heterocycles. The van der Waals surface area contributed by atoms with Gasteiger partial charge in [-0.05, 0) is 42.0 Å². The molecule has 0 saturated carbocycles. The minimum Gasteiger partial charge on any atom is -0.454 e. The zero-order valence-electron chi connectivity index (χ0n) is 16.6. The second kappa shape index (κ2) is 8.01. The SMILES string of the molecule is O=S(=O)(c1ccccc1)c1nc(-c2ccccc2F)oc1NCc1ccc2c(c1)OCO2. The van der Waals surface area contributed by atoms with Gasteiger partial charge in [-0.3, -0.25) is 0 Å². The Morgan fingerprint density at radius 2 is 1.69 bits per heavy atom. The van der Waals surface area contributed by atoms with Crippen molar-refractivity contribution in [2.24, 2.45) is 0 Å². The molecule has 1 aliphatic rings. The summed E-state index contributed by atoms with van der Waals surface area (Å²) in [7, 11) is -4.02. The minimum absolute atomic E-state index is 0.0551. The van der Waals surface area contributed by atoms with Gasteiger partial charge in [0.2, 0.25) is 33.4 Å². The highest BCUT2D eigenvalue weighted by Gasteiger charge is 2.29. The second-order valence-corrected chi connectivity index (χ2v) is 8.86. The summed E-state index contributed by atoms with van der Waals surface area (Å²) in [4.78, 5) is 4.21. The van der Waals surface area contributed by atoms with Crippen LogP contribution in [0.2, 0.25) is 0 Å².